The topological polar surface area (TPSA) is 3.24 Å². The fourth-order valence-corrected chi connectivity index (χ4v) is 3.49. The highest BCUT2D eigenvalue weighted by molar-refractivity contribution is 8.00. The molecule has 0 bridgehead atoms. The highest BCUT2D eigenvalue weighted by Gasteiger charge is 2.27. The zero-order valence-corrected chi connectivity index (χ0v) is 10.9. The monoisotopic (exact) mass is 241 g/mol. The number of thioether (sulfide) groups is 1. The van der Waals surface area contributed by atoms with Gasteiger partial charge in [-0.05, 0) is 24.6 Å². The maximum Gasteiger partial charge on any atom is 0.105 e. The molecule has 1 unspecified atom stereocenters. The average Bonchev–Trinajstić information content (AvgIpc) is 2.69. The van der Waals surface area contributed by atoms with Gasteiger partial charge in [0.15, 0.2) is 0 Å². The second-order valence-corrected chi connectivity index (χ2v) is 5.58. The van der Waals surface area contributed by atoms with Crippen LogP contribution in [-0.2, 0) is 0 Å². The molecule has 2 aromatic carbocycles. The van der Waals surface area contributed by atoms with Crippen LogP contribution in [0.5, 0.6) is 0 Å². The van der Waals surface area contributed by atoms with Gasteiger partial charge in [0.05, 0.1) is 5.69 Å². The third-order valence-corrected chi connectivity index (χ3v) is 4.61. The summed E-state index contributed by atoms with van der Waals surface area (Å²) in [7, 11) is 2.17. The number of rotatable bonds is 1. The number of anilines is 1. The largest absolute Gasteiger partial charge is 0.357 e. The van der Waals surface area contributed by atoms with Crippen LogP contribution < -0.4 is 4.90 Å². The third-order valence-electron chi connectivity index (χ3n) is 3.20. The summed E-state index contributed by atoms with van der Waals surface area (Å²) in [6.45, 7) is 2.13. The van der Waals surface area contributed by atoms with Gasteiger partial charge in [0, 0.05) is 11.9 Å². The van der Waals surface area contributed by atoms with Crippen LogP contribution in [0.1, 0.15) is 16.5 Å². The van der Waals surface area contributed by atoms with E-state index in [-0.39, 0.29) is 0 Å². The number of nitrogens with zero attached hydrogens (tertiary/aromatic N) is 1. The Hall–Kier alpha value is -1.41. The Morgan fingerprint density at radius 2 is 1.71 bits per heavy atom. The van der Waals surface area contributed by atoms with Gasteiger partial charge in [0.1, 0.15) is 5.37 Å². The van der Waals surface area contributed by atoms with Crippen LogP contribution in [0.4, 0.5) is 5.69 Å². The normalized spacial score (nSPS) is 18.2. The lowest BCUT2D eigenvalue weighted by Gasteiger charge is -2.21. The summed E-state index contributed by atoms with van der Waals surface area (Å²) in [4.78, 5) is 3.73. The van der Waals surface area contributed by atoms with Crippen molar-refractivity contribution in [1.29, 1.82) is 0 Å². The summed E-state index contributed by atoms with van der Waals surface area (Å²) in [6, 6.07) is 17.4. The molecule has 1 nitrogen and oxygen atoms in total. The van der Waals surface area contributed by atoms with Crippen LogP contribution in [0.3, 0.4) is 0 Å². The number of fused-ring (bicyclic) bond motifs is 1. The van der Waals surface area contributed by atoms with Crippen LogP contribution >= 0.6 is 11.8 Å². The Labute approximate surface area is 106 Å². The second-order valence-electron chi connectivity index (χ2n) is 4.46. The van der Waals surface area contributed by atoms with Crippen LogP contribution in [-0.4, -0.2) is 7.05 Å². The molecular formula is C15H15NS. The first-order valence-electron chi connectivity index (χ1n) is 5.81. The molecule has 17 heavy (non-hydrogen) atoms. The molecule has 2 heteroatoms. The van der Waals surface area contributed by atoms with Gasteiger partial charge < -0.3 is 4.90 Å². The van der Waals surface area contributed by atoms with Gasteiger partial charge in [-0.25, -0.2) is 0 Å². The molecule has 0 amide bonds. The van der Waals surface area contributed by atoms with E-state index < -0.39 is 0 Å². The molecule has 3 rings (SSSR count). The Balaban J connectivity index is 1.96. The molecule has 1 heterocycles. The van der Waals surface area contributed by atoms with Crippen LogP contribution in [0.25, 0.3) is 0 Å². The second kappa shape index (κ2) is 4.11. The van der Waals surface area contributed by atoms with Crippen LogP contribution in [0.2, 0.25) is 0 Å². The highest BCUT2D eigenvalue weighted by atomic mass is 32.2. The fraction of sp³-hybridized carbons (Fsp3) is 0.200. The first kappa shape index (κ1) is 10.7. The van der Waals surface area contributed by atoms with Gasteiger partial charge >= 0.3 is 0 Å². The van der Waals surface area contributed by atoms with E-state index in [9.17, 15) is 0 Å². The minimum absolute atomic E-state index is 0.410. The van der Waals surface area contributed by atoms with E-state index in [2.05, 4.69) is 67.4 Å². The van der Waals surface area contributed by atoms with E-state index in [0.717, 1.165) is 0 Å². The van der Waals surface area contributed by atoms with Crippen molar-refractivity contribution in [2.45, 2.75) is 17.2 Å². The Kier molecular flexibility index (Phi) is 2.60. The van der Waals surface area contributed by atoms with Crippen molar-refractivity contribution < 1.29 is 0 Å². The molecule has 0 saturated carbocycles. The molecule has 0 aliphatic carbocycles. The van der Waals surface area contributed by atoms with E-state index in [1.807, 2.05) is 11.8 Å². The van der Waals surface area contributed by atoms with E-state index in [1.165, 1.54) is 21.7 Å². The SMILES string of the molecule is Cc1ccc(C2Sc3ccccc3N2C)cc1. The van der Waals surface area contributed by atoms with Crippen molar-refractivity contribution in [2.75, 3.05) is 11.9 Å². The predicted molar refractivity (Wildman–Crippen MR) is 74.6 cm³/mol. The van der Waals surface area contributed by atoms with Gasteiger partial charge in [-0.1, -0.05) is 53.7 Å². The molecule has 2 aromatic rings. The van der Waals surface area contributed by atoms with E-state index in [0.29, 0.717) is 5.37 Å². The molecule has 1 aliphatic rings. The molecule has 0 spiro atoms. The number of para-hydroxylation sites is 1. The average molecular weight is 241 g/mol. The lowest BCUT2D eigenvalue weighted by atomic mass is 10.1. The van der Waals surface area contributed by atoms with Crippen molar-refractivity contribution in [1.82, 2.24) is 0 Å². The zero-order valence-electron chi connectivity index (χ0n) is 10.1. The van der Waals surface area contributed by atoms with Crippen molar-refractivity contribution in [3.8, 4) is 0 Å². The molecule has 1 atom stereocenters. The van der Waals surface area contributed by atoms with E-state index in [1.54, 1.807) is 0 Å². The quantitative estimate of drug-likeness (QED) is 0.735. The lowest BCUT2D eigenvalue weighted by Crippen LogP contribution is -2.16. The number of hydrogen-bond acceptors (Lipinski definition) is 2. The minimum atomic E-state index is 0.410. The number of hydrogen-bond donors (Lipinski definition) is 0. The summed E-state index contributed by atoms with van der Waals surface area (Å²) in [6.07, 6.45) is 0. The molecule has 0 N–H and O–H groups in total. The maximum absolute atomic E-state index is 2.35. The summed E-state index contributed by atoms with van der Waals surface area (Å²) in [5.41, 5.74) is 4.03. The molecule has 0 fully saturated rings. The number of aryl methyl sites for hydroxylation is 1. The standard InChI is InChI=1S/C15H15NS/c1-11-7-9-12(10-8-11)15-16(2)13-5-3-4-6-14(13)17-15/h3-10,15H,1-2H3. The van der Waals surface area contributed by atoms with E-state index in [4.69, 9.17) is 0 Å². The lowest BCUT2D eigenvalue weighted by molar-refractivity contribution is 0.913. The first-order chi connectivity index (χ1) is 8.25. The molecule has 0 saturated heterocycles. The summed E-state index contributed by atoms with van der Waals surface area (Å²) in [5, 5.41) is 0.410. The van der Waals surface area contributed by atoms with Crippen molar-refractivity contribution in [3.05, 3.63) is 59.7 Å². The van der Waals surface area contributed by atoms with Crippen molar-refractivity contribution in [2.24, 2.45) is 0 Å². The highest BCUT2D eigenvalue weighted by Crippen LogP contribution is 2.50. The smallest absolute Gasteiger partial charge is 0.105 e. The van der Waals surface area contributed by atoms with Gasteiger partial charge in [-0.2, -0.15) is 0 Å². The van der Waals surface area contributed by atoms with Crippen molar-refractivity contribution in [3.63, 3.8) is 0 Å². The van der Waals surface area contributed by atoms with Gasteiger partial charge in [-0.3, -0.25) is 0 Å². The first-order valence-corrected chi connectivity index (χ1v) is 6.69. The molecule has 1 aliphatic heterocycles. The van der Waals surface area contributed by atoms with Gasteiger partial charge in [-0.15, -0.1) is 0 Å². The summed E-state index contributed by atoms with van der Waals surface area (Å²) < 4.78 is 0. The Morgan fingerprint density at radius 3 is 2.41 bits per heavy atom. The van der Waals surface area contributed by atoms with Crippen molar-refractivity contribution >= 4 is 17.4 Å². The minimum Gasteiger partial charge on any atom is -0.357 e. The molecule has 0 aromatic heterocycles. The molecular weight excluding hydrogens is 226 g/mol. The van der Waals surface area contributed by atoms with Gasteiger partial charge in [0.2, 0.25) is 0 Å². The zero-order chi connectivity index (χ0) is 11.8. The number of benzene rings is 2. The maximum atomic E-state index is 2.35. The fourth-order valence-electron chi connectivity index (χ4n) is 2.20. The molecule has 86 valence electrons. The van der Waals surface area contributed by atoms with Gasteiger partial charge in [0.25, 0.3) is 0 Å². The van der Waals surface area contributed by atoms with E-state index >= 15 is 0 Å². The predicted octanol–water partition coefficient (Wildman–Crippen LogP) is 4.24. The molecule has 0 radical (unpaired) electrons. The Morgan fingerprint density at radius 1 is 1.00 bits per heavy atom. The third kappa shape index (κ3) is 1.83. The Bertz CT molecular complexity index is 533. The summed E-state index contributed by atoms with van der Waals surface area (Å²) >= 11 is 1.93. The van der Waals surface area contributed by atoms with Crippen LogP contribution in [0.15, 0.2) is 53.4 Å². The summed E-state index contributed by atoms with van der Waals surface area (Å²) in [5.74, 6) is 0. The van der Waals surface area contributed by atoms with Crippen LogP contribution in [0, 0.1) is 6.92 Å².